The van der Waals surface area contributed by atoms with E-state index in [1.807, 2.05) is 6.92 Å². The molecule has 0 atom stereocenters. The van der Waals surface area contributed by atoms with E-state index >= 15 is 0 Å². The molecule has 4 N–H and O–H groups in total. The Labute approximate surface area is 141 Å². The number of aryl methyl sites for hydroxylation is 1. The van der Waals surface area contributed by atoms with Crippen molar-refractivity contribution in [2.75, 3.05) is 11.5 Å². The lowest BCUT2D eigenvalue weighted by molar-refractivity contribution is 0.601. The number of nitrogens with zero attached hydrogens (tertiary/aromatic N) is 6. The van der Waals surface area contributed by atoms with Gasteiger partial charge in [0.05, 0.1) is 12.9 Å². The predicted molar refractivity (Wildman–Crippen MR) is 91.5 cm³/mol. The quantitative estimate of drug-likeness (QED) is 0.549. The second-order valence-electron chi connectivity index (χ2n) is 5.70. The number of benzene rings is 1. The molecule has 4 rings (SSSR count). The van der Waals surface area contributed by atoms with Crippen molar-refractivity contribution in [3.63, 3.8) is 0 Å². The SMILES string of the molecule is Cc1cc(Cn2cnc3c(-n4cccn4)nc(N)nc32)c(F)cc1N. The molecule has 1 aromatic carbocycles. The Balaban J connectivity index is 1.83. The summed E-state index contributed by atoms with van der Waals surface area (Å²) >= 11 is 0. The van der Waals surface area contributed by atoms with Gasteiger partial charge in [-0.2, -0.15) is 15.1 Å². The predicted octanol–water partition coefficient (Wildman–Crippen LogP) is 1.67. The topological polar surface area (TPSA) is 113 Å². The number of aromatic nitrogens is 6. The number of rotatable bonds is 3. The molecule has 0 amide bonds. The molecule has 0 saturated carbocycles. The van der Waals surface area contributed by atoms with Crippen LogP contribution in [0.3, 0.4) is 0 Å². The third kappa shape index (κ3) is 2.55. The van der Waals surface area contributed by atoms with E-state index in [0.717, 1.165) is 5.56 Å². The van der Waals surface area contributed by atoms with E-state index in [9.17, 15) is 4.39 Å². The summed E-state index contributed by atoms with van der Waals surface area (Å²) in [5.41, 5.74) is 14.3. The number of imidazole rings is 1. The van der Waals surface area contributed by atoms with E-state index in [4.69, 9.17) is 11.5 Å². The van der Waals surface area contributed by atoms with Gasteiger partial charge in [0, 0.05) is 23.6 Å². The van der Waals surface area contributed by atoms with Crippen molar-refractivity contribution in [1.29, 1.82) is 0 Å². The zero-order chi connectivity index (χ0) is 17.6. The van der Waals surface area contributed by atoms with E-state index in [2.05, 4.69) is 20.1 Å². The molecule has 0 aliphatic rings. The molecule has 8 nitrogen and oxygen atoms in total. The maximum Gasteiger partial charge on any atom is 0.224 e. The molecule has 0 bridgehead atoms. The Kier molecular flexibility index (Phi) is 3.34. The molecule has 0 aliphatic carbocycles. The summed E-state index contributed by atoms with van der Waals surface area (Å²) in [5.74, 6) is 0.188. The molecule has 0 saturated heterocycles. The van der Waals surface area contributed by atoms with Gasteiger partial charge < -0.3 is 16.0 Å². The summed E-state index contributed by atoms with van der Waals surface area (Å²) in [6, 6.07) is 4.81. The highest BCUT2D eigenvalue weighted by atomic mass is 19.1. The summed E-state index contributed by atoms with van der Waals surface area (Å²) < 4.78 is 17.5. The van der Waals surface area contributed by atoms with Gasteiger partial charge in [-0.1, -0.05) is 0 Å². The molecule has 0 aliphatic heterocycles. The molecular weight excluding hydrogens is 323 g/mol. The summed E-state index contributed by atoms with van der Waals surface area (Å²) in [4.78, 5) is 12.8. The van der Waals surface area contributed by atoms with Gasteiger partial charge in [-0.3, -0.25) is 0 Å². The number of nitrogen functional groups attached to an aromatic ring is 2. The number of halogens is 1. The van der Waals surface area contributed by atoms with Gasteiger partial charge in [0.25, 0.3) is 0 Å². The monoisotopic (exact) mass is 338 g/mol. The summed E-state index contributed by atoms with van der Waals surface area (Å²) in [6.45, 7) is 2.08. The van der Waals surface area contributed by atoms with Gasteiger partial charge in [0.15, 0.2) is 17.0 Å². The zero-order valence-corrected chi connectivity index (χ0v) is 13.4. The fourth-order valence-electron chi connectivity index (χ4n) is 2.68. The fourth-order valence-corrected chi connectivity index (χ4v) is 2.68. The zero-order valence-electron chi connectivity index (χ0n) is 13.4. The molecule has 0 unspecified atom stereocenters. The minimum Gasteiger partial charge on any atom is -0.398 e. The normalized spacial score (nSPS) is 11.3. The van der Waals surface area contributed by atoms with E-state index in [1.165, 1.54) is 6.07 Å². The highest BCUT2D eigenvalue weighted by Gasteiger charge is 2.15. The van der Waals surface area contributed by atoms with Gasteiger partial charge in [0.2, 0.25) is 5.95 Å². The summed E-state index contributed by atoms with van der Waals surface area (Å²) in [5, 5.41) is 4.15. The van der Waals surface area contributed by atoms with Crippen LogP contribution in [0.15, 0.2) is 36.9 Å². The Bertz CT molecular complexity index is 1070. The Morgan fingerprint density at radius 3 is 2.80 bits per heavy atom. The minimum atomic E-state index is -0.376. The average Bonchev–Trinajstić information content (AvgIpc) is 3.22. The lowest BCUT2D eigenvalue weighted by Gasteiger charge is -2.09. The maximum absolute atomic E-state index is 14.2. The van der Waals surface area contributed by atoms with Gasteiger partial charge in [-0.05, 0) is 30.7 Å². The van der Waals surface area contributed by atoms with Crippen LogP contribution in [0.1, 0.15) is 11.1 Å². The number of fused-ring (bicyclic) bond motifs is 1. The van der Waals surface area contributed by atoms with E-state index in [0.29, 0.717) is 28.2 Å². The standard InChI is InChI=1S/C16H15FN8/c1-9-5-10(11(17)6-12(9)18)7-24-8-20-13-14(24)22-16(19)23-15(13)25-4-2-3-21-25/h2-6,8H,7,18H2,1H3,(H2,19,22,23). The molecule has 0 radical (unpaired) electrons. The van der Waals surface area contributed by atoms with Crippen LogP contribution < -0.4 is 11.5 Å². The molecular formula is C16H15FN8. The highest BCUT2D eigenvalue weighted by Crippen LogP contribution is 2.22. The molecule has 0 fully saturated rings. The summed E-state index contributed by atoms with van der Waals surface area (Å²) in [7, 11) is 0. The summed E-state index contributed by atoms with van der Waals surface area (Å²) in [6.07, 6.45) is 4.95. The van der Waals surface area contributed by atoms with Crippen LogP contribution in [-0.4, -0.2) is 29.3 Å². The second-order valence-corrected chi connectivity index (χ2v) is 5.70. The molecule has 3 heterocycles. The van der Waals surface area contributed by atoms with E-state index in [-0.39, 0.29) is 18.3 Å². The first kappa shape index (κ1) is 15.1. The van der Waals surface area contributed by atoms with Gasteiger partial charge in [0.1, 0.15) is 5.82 Å². The maximum atomic E-state index is 14.2. The molecule has 126 valence electrons. The third-order valence-corrected chi connectivity index (χ3v) is 3.96. The van der Waals surface area contributed by atoms with Crippen LogP contribution in [-0.2, 0) is 6.54 Å². The molecule has 4 aromatic rings. The minimum absolute atomic E-state index is 0.0914. The number of anilines is 2. The van der Waals surface area contributed by atoms with Crippen molar-refractivity contribution >= 4 is 22.8 Å². The van der Waals surface area contributed by atoms with Crippen LogP contribution in [0.25, 0.3) is 17.0 Å². The first-order valence-electron chi connectivity index (χ1n) is 7.56. The van der Waals surface area contributed by atoms with E-state index < -0.39 is 0 Å². The lowest BCUT2D eigenvalue weighted by Crippen LogP contribution is -2.07. The van der Waals surface area contributed by atoms with Crippen molar-refractivity contribution in [2.45, 2.75) is 13.5 Å². The number of hydrogen-bond acceptors (Lipinski definition) is 6. The van der Waals surface area contributed by atoms with E-state index in [1.54, 1.807) is 40.1 Å². The van der Waals surface area contributed by atoms with Crippen LogP contribution >= 0.6 is 0 Å². The fraction of sp³-hybridized carbons (Fsp3) is 0.125. The van der Waals surface area contributed by atoms with Crippen molar-refractivity contribution < 1.29 is 4.39 Å². The largest absolute Gasteiger partial charge is 0.398 e. The molecule has 9 heteroatoms. The van der Waals surface area contributed by atoms with Crippen LogP contribution in [0.5, 0.6) is 0 Å². The Morgan fingerprint density at radius 2 is 2.04 bits per heavy atom. The molecule has 25 heavy (non-hydrogen) atoms. The second kappa shape index (κ2) is 5.55. The van der Waals surface area contributed by atoms with Crippen molar-refractivity contribution in [1.82, 2.24) is 29.3 Å². The van der Waals surface area contributed by atoms with Crippen molar-refractivity contribution in [3.05, 3.63) is 53.9 Å². The van der Waals surface area contributed by atoms with Crippen LogP contribution in [0, 0.1) is 12.7 Å². The van der Waals surface area contributed by atoms with Crippen LogP contribution in [0.4, 0.5) is 16.0 Å². The first-order valence-corrected chi connectivity index (χ1v) is 7.56. The van der Waals surface area contributed by atoms with Crippen LogP contribution in [0.2, 0.25) is 0 Å². The molecule has 3 aromatic heterocycles. The number of hydrogen-bond donors (Lipinski definition) is 2. The highest BCUT2D eigenvalue weighted by molar-refractivity contribution is 5.79. The lowest BCUT2D eigenvalue weighted by atomic mass is 10.1. The van der Waals surface area contributed by atoms with Gasteiger partial charge in [-0.25, -0.2) is 14.1 Å². The smallest absolute Gasteiger partial charge is 0.224 e. The number of nitrogens with two attached hydrogens (primary N) is 2. The van der Waals surface area contributed by atoms with Gasteiger partial charge >= 0.3 is 0 Å². The first-order chi connectivity index (χ1) is 12.0. The third-order valence-electron chi connectivity index (χ3n) is 3.96. The van der Waals surface area contributed by atoms with Gasteiger partial charge in [-0.15, -0.1) is 0 Å². The Morgan fingerprint density at radius 1 is 1.20 bits per heavy atom. The Hall–Kier alpha value is -3.49. The molecule has 0 spiro atoms. The average molecular weight is 338 g/mol. The van der Waals surface area contributed by atoms with Crippen molar-refractivity contribution in [3.8, 4) is 5.82 Å². The van der Waals surface area contributed by atoms with Crippen molar-refractivity contribution in [2.24, 2.45) is 0 Å².